The molecule has 1 aliphatic heterocycles. The highest BCUT2D eigenvalue weighted by Crippen LogP contribution is 2.28. The quantitative estimate of drug-likeness (QED) is 0.582. The third-order valence-electron chi connectivity index (χ3n) is 3.19. The Bertz CT molecular complexity index is 412. The van der Waals surface area contributed by atoms with Crippen LogP contribution in [0.4, 0.5) is 11.5 Å². The van der Waals surface area contributed by atoms with Crippen LogP contribution in [0.1, 0.15) is 20.3 Å². The van der Waals surface area contributed by atoms with Gasteiger partial charge in [0.05, 0.1) is 24.2 Å². The molecule has 0 spiro atoms. The van der Waals surface area contributed by atoms with E-state index >= 15 is 0 Å². The van der Waals surface area contributed by atoms with Gasteiger partial charge in [0, 0.05) is 6.07 Å². The van der Waals surface area contributed by atoms with Gasteiger partial charge >= 0.3 is 11.5 Å². The van der Waals surface area contributed by atoms with Crippen LogP contribution >= 0.6 is 0 Å². The highest BCUT2D eigenvalue weighted by atomic mass is 16.6. The molecule has 0 aromatic carbocycles. The number of nitrogens with one attached hydrogen (secondary N) is 1. The Morgan fingerprint density at radius 3 is 2.65 bits per heavy atom. The van der Waals surface area contributed by atoms with Gasteiger partial charge in [-0.3, -0.25) is 15.0 Å². The van der Waals surface area contributed by atoms with Crippen LogP contribution in [0.3, 0.4) is 0 Å². The van der Waals surface area contributed by atoms with Crippen LogP contribution in [-0.2, 0) is 0 Å². The van der Waals surface area contributed by atoms with Crippen LogP contribution in [0.25, 0.3) is 0 Å². The van der Waals surface area contributed by atoms with Crippen molar-refractivity contribution in [3.8, 4) is 0 Å². The van der Waals surface area contributed by atoms with Crippen LogP contribution in [0.2, 0.25) is 0 Å². The van der Waals surface area contributed by atoms with Crippen molar-refractivity contribution in [2.75, 3.05) is 18.0 Å². The maximum absolute atomic E-state index is 11.0. The predicted molar refractivity (Wildman–Crippen MR) is 64.8 cm³/mol. The molecule has 1 aromatic rings. The number of hydrogen-bond donors (Lipinski definition) is 0. The first kappa shape index (κ1) is 11.8. The van der Waals surface area contributed by atoms with E-state index in [2.05, 4.69) is 23.7 Å². The molecule has 1 fully saturated rings. The lowest BCUT2D eigenvalue weighted by Crippen LogP contribution is -2.41. The lowest BCUT2D eigenvalue weighted by Gasteiger charge is -2.29. The third-order valence-corrected chi connectivity index (χ3v) is 3.19. The van der Waals surface area contributed by atoms with Gasteiger partial charge in [0.15, 0.2) is 0 Å². The zero-order valence-corrected chi connectivity index (χ0v) is 10.2. The van der Waals surface area contributed by atoms with E-state index in [1.54, 1.807) is 18.3 Å². The molecule has 2 atom stereocenters. The molecule has 0 saturated carbocycles. The fourth-order valence-corrected chi connectivity index (χ4v) is 2.67. The number of aromatic amines is 1. The first-order valence-corrected chi connectivity index (χ1v) is 5.98. The maximum Gasteiger partial charge on any atom is 0.357 e. The Morgan fingerprint density at radius 2 is 2.06 bits per heavy atom. The number of pyridine rings is 1. The monoisotopic (exact) mass is 236 g/mol. The lowest BCUT2D eigenvalue weighted by molar-refractivity contribution is -0.411. The number of nitro groups is 1. The van der Waals surface area contributed by atoms with Crippen LogP contribution in [-0.4, -0.2) is 18.0 Å². The van der Waals surface area contributed by atoms with Crippen molar-refractivity contribution in [2.45, 2.75) is 20.3 Å². The molecule has 0 radical (unpaired) electrons. The van der Waals surface area contributed by atoms with Gasteiger partial charge in [0.1, 0.15) is 0 Å². The Labute approximate surface area is 101 Å². The van der Waals surface area contributed by atoms with Crippen LogP contribution in [0, 0.1) is 22.0 Å². The van der Waals surface area contributed by atoms with Gasteiger partial charge in [-0.1, -0.05) is 13.8 Å². The second-order valence-electron chi connectivity index (χ2n) is 5.01. The van der Waals surface area contributed by atoms with E-state index in [1.807, 2.05) is 0 Å². The summed E-state index contributed by atoms with van der Waals surface area (Å²) in [5.74, 6) is 1.79. The molecule has 0 amide bonds. The summed E-state index contributed by atoms with van der Waals surface area (Å²) in [5.41, 5.74) is 0.161. The number of H-pyrrole nitrogens is 1. The van der Waals surface area contributed by atoms with Crippen molar-refractivity contribution < 1.29 is 9.91 Å². The van der Waals surface area contributed by atoms with Crippen molar-refractivity contribution in [3.05, 3.63) is 28.4 Å². The van der Waals surface area contributed by atoms with Crippen molar-refractivity contribution in [2.24, 2.45) is 11.8 Å². The SMILES string of the molecule is C[C@@H]1C[C@H](C)CN(c2[nH+]cccc2[N+](=O)[O-])C1. The molecule has 2 heterocycles. The Morgan fingerprint density at radius 1 is 1.41 bits per heavy atom. The van der Waals surface area contributed by atoms with E-state index in [4.69, 9.17) is 0 Å². The normalized spacial score (nSPS) is 24.7. The predicted octanol–water partition coefficient (Wildman–Crippen LogP) is 1.89. The number of nitrogens with zero attached hydrogens (tertiary/aromatic N) is 2. The van der Waals surface area contributed by atoms with Gasteiger partial charge in [-0.2, -0.15) is 0 Å². The standard InChI is InChI=1S/C12H17N3O2/c1-9-6-10(2)8-14(7-9)12-11(15(16)17)4-3-5-13-12/h3-5,9-10H,6-8H2,1-2H3/p+1/t9-,10+. The molecule has 0 aliphatic carbocycles. The molecule has 5 nitrogen and oxygen atoms in total. The summed E-state index contributed by atoms with van der Waals surface area (Å²) in [4.78, 5) is 15.8. The number of anilines is 1. The summed E-state index contributed by atoms with van der Waals surface area (Å²) in [6.45, 7) is 6.15. The van der Waals surface area contributed by atoms with Gasteiger partial charge in [-0.05, 0) is 24.3 Å². The topological polar surface area (TPSA) is 60.5 Å². The van der Waals surface area contributed by atoms with Crippen molar-refractivity contribution in [1.82, 2.24) is 0 Å². The number of piperidine rings is 1. The van der Waals surface area contributed by atoms with Gasteiger partial charge in [-0.15, -0.1) is 0 Å². The van der Waals surface area contributed by atoms with E-state index in [9.17, 15) is 10.1 Å². The average Bonchev–Trinajstić information content (AvgIpc) is 2.27. The first-order valence-electron chi connectivity index (χ1n) is 5.98. The Balaban J connectivity index is 2.30. The molecular weight excluding hydrogens is 218 g/mol. The second-order valence-corrected chi connectivity index (χ2v) is 5.01. The summed E-state index contributed by atoms with van der Waals surface area (Å²) < 4.78 is 0. The Hall–Kier alpha value is -1.65. The van der Waals surface area contributed by atoms with E-state index in [-0.39, 0.29) is 10.6 Å². The molecule has 2 rings (SSSR count). The molecule has 1 N–H and O–H groups in total. The van der Waals surface area contributed by atoms with Gasteiger partial charge in [0.2, 0.25) is 0 Å². The Kier molecular flexibility index (Phi) is 3.26. The maximum atomic E-state index is 11.0. The van der Waals surface area contributed by atoms with Gasteiger partial charge < -0.3 is 0 Å². The smallest absolute Gasteiger partial charge is 0.258 e. The number of rotatable bonds is 2. The van der Waals surface area contributed by atoms with Crippen LogP contribution in [0.5, 0.6) is 0 Å². The van der Waals surface area contributed by atoms with Crippen molar-refractivity contribution in [3.63, 3.8) is 0 Å². The summed E-state index contributed by atoms with van der Waals surface area (Å²) >= 11 is 0. The minimum Gasteiger partial charge on any atom is -0.258 e. The van der Waals surface area contributed by atoms with Gasteiger partial charge in [0.25, 0.3) is 0 Å². The minimum absolute atomic E-state index is 0.161. The largest absolute Gasteiger partial charge is 0.357 e. The summed E-state index contributed by atoms with van der Waals surface area (Å²) in [6, 6.07) is 3.22. The van der Waals surface area contributed by atoms with Crippen molar-refractivity contribution >= 4 is 11.5 Å². The summed E-state index contributed by atoms with van der Waals surface area (Å²) in [7, 11) is 0. The first-order chi connectivity index (χ1) is 8.08. The second kappa shape index (κ2) is 4.69. The van der Waals surface area contributed by atoms with Gasteiger partial charge in [-0.25, -0.2) is 4.98 Å². The zero-order chi connectivity index (χ0) is 12.4. The fraction of sp³-hybridized carbons (Fsp3) is 0.583. The number of hydrogen-bond acceptors (Lipinski definition) is 3. The van der Waals surface area contributed by atoms with E-state index in [0.29, 0.717) is 17.7 Å². The minimum atomic E-state index is -0.324. The van der Waals surface area contributed by atoms with E-state index < -0.39 is 0 Å². The molecule has 1 aromatic heterocycles. The molecule has 1 aliphatic rings. The summed E-state index contributed by atoms with van der Waals surface area (Å²) in [5, 5.41) is 11.0. The van der Waals surface area contributed by atoms with Crippen LogP contribution in [0.15, 0.2) is 18.3 Å². The molecule has 92 valence electrons. The highest BCUT2D eigenvalue weighted by molar-refractivity contribution is 5.53. The number of aromatic nitrogens is 1. The van der Waals surface area contributed by atoms with Crippen LogP contribution < -0.4 is 9.88 Å². The molecular formula is C12H18N3O2+. The molecule has 17 heavy (non-hydrogen) atoms. The van der Waals surface area contributed by atoms with E-state index in [1.165, 1.54) is 6.42 Å². The molecule has 1 saturated heterocycles. The van der Waals surface area contributed by atoms with E-state index in [0.717, 1.165) is 13.1 Å². The summed E-state index contributed by atoms with van der Waals surface area (Å²) in [6.07, 6.45) is 2.93. The molecule has 0 bridgehead atoms. The lowest BCUT2D eigenvalue weighted by atomic mass is 9.92. The molecule has 0 unspecified atom stereocenters. The molecule has 5 heteroatoms. The average molecular weight is 236 g/mol. The zero-order valence-electron chi connectivity index (χ0n) is 10.2. The fourth-order valence-electron chi connectivity index (χ4n) is 2.67. The highest BCUT2D eigenvalue weighted by Gasteiger charge is 2.33. The van der Waals surface area contributed by atoms with Crippen molar-refractivity contribution in [1.29, 1.82) is 0 Å². The third kappa shape index (κ3) is 2.54.